The first-order valence-electron chi connectivity index (χ1n) is 5.11. The molecule has 2 aromatic heterocycles. The lowest BCUT2D eigenvalue weighted by molar-refractivity contribution is 0.248. The smallest absolute Gasteiger partial charge is 0.174 e. The molecule has 0 aliphatic rings. The zero-order chi connectivity index (χ0) is 11.8. The molecule has 86 valence electrons. The second-order valence-electron chi connectivity index (χ2n) is 3.67. The molecule has 0 radical (unpaired) electrons. The summed E-state index contributed by atoms with van der Waals surface area (Å²) in [6, 6.07) is 7.71. The third-order valence-electron chi connectivity index (χ3n) is 2.49. The van der Waals surface area contributed by atoms with Crippen LogP contribution in [0.4, 0.5) is 4.39 Å². The van der Waals surface area contributed by atoms with Gasteiger partial charge >= 0.3 is 0 Å². The van der Waals surface area contributed by atoms with Gasteiger partial charge in [0, 0.05) is 0 Å². The van der Waals surface area contributed by atoms with Crippen LogP contribution in [0.2, 0.25) is 0 Å². The van der Waals surface area contributed by atoms with Crippen LogP contribution in [0.1, 0.15) is 5.76 Å². The van der Waals surface area contributed by atoms with Gasteiger partial charge in [0.2, 0.25) is 0 Å². The highest BCUT2D eigenvalue weighted by Crippen LogP contribution is 2.23. The maximum absolute atomic E-state index is 13.0. The van der Waals surface area contributed by atoms with Gasteiger partial charge in [-0.25, -0.2) is 9.37 Å². The number of aromatic amines is 1. The second kappa shape index (κ2) is 3.71. The zero-order valence-corrected chi connectivity index (χ0v) is 8.77. The lowest BCUT2D eigenvalue weighted by Gasteiger charge is -1.89. The maximum atomic E-state index is 13.0. The molecule has 0 amide bonds. The van der Waals surface area contributed by atoms with Gasteiger partial charge in [-0.15, -0.1) is 0 Å². The Morgan fingerprint density at radius 2 is 2.18 bits per heavy atom. The highest BCUT2D eigenvalue weighted by Gasteiger charge is 2.09. The molecule has 0 bridgehead atoms. The molecule has 2 N–H and O–H groups in total. The summed E-state index contributed by atoms with van der Waals surface area (Å²) in [7, 11) is 0. The Balaban J connectivity index is 2.11. The van der Waals surface area contributed by atoms with E-state index in [1.165, 1.54) is 12.1 Å². The molecule has 1 aromatic carbocycles. The number of rotatable bonds is 2. The predicted molar refractivity (Wildman–Crippen MR) is 59.7 cm³/mol. The Hall–Kier alpha value is -2.14. The molecule has 0 saturated carbocycles. The van der Waals surface area contributed by atoms with Gasteiger partial charge < -0.3 is 14.5 Å². The van der Waals surface area contributed by atoms with E-state index in [0.717, 1.165) is 0 Å². The average Bonchev–Trinajstić information content (AvgIpc) is 2.93. The minimum atomic E-state index is -0.316. The van der Waals surface area contributed by atoms with E-state index in [1.807, 2.05) is 0 Å². The van der Waals surface area contributed by atoms with E-state index in [2.05, 4.69) is 9.97 Å². The Labute approximate surface area is 95.7 Å². The minimum absolute atomic E-state index is 0.158. The van der Waals surface area contributed by atoms with E-state index in [0.29, 0.717) is 28.4 Å². The lowest BCUT2D eigenvalue weighted by Crippen LogP contribution is -1.77. The number of furan rings is 1. The predicted octanol–water partition coefficient (Wildman–Crippen LogP) is 2.45. The fourth-order valence-electron chi connectivity index (χ4n) is 1.69. The number of benzene rings is 1. The van der Waals surface area contributed by atoms with Crippen molar-refractivity contribution in [2.24, 2.45) is 0 Å². The number of hydrogen-bond donors (Lipinski definition) is 2. The van der Waals surface area contributed by atoms with E-state index in [9.17, 15) is 4.39 Å². The van der Waals surface area contributed by atoms with Crippen molar-refractivity contribution in [3.8, 4) is 11.6 Å². The maximum Gasteiger partial charge on any atom is 0.174 e. The van der Waals surface area contributed by atoms with Crippen molar-refractivity contribution in [3.63, 3.8) is 0 Å². The van der Waals surface area contributed by atoms with Gasteiger partial charge in [0.25, 0.3) is 0 Å². The molecule has 17 heavy (non-hydrogen) atoms. The van der Waals surface area contributed by atoms with Gasteiger partial charge in [-0.05, 0) is 30.3 Å². The van der Waals surface area contributed by atoms with E-state index < -0.39 is 0 Å². The third-order valence-corrected chi connectivity index (χ3v) is 2.49. The Morgan fingerprint density at radius 3 is 2.94 bits per heavy atom. The summed E-state index contributed by atoms with van der Waals surface area (Å²) in [5.74, 6) is 1.19. The molecule has 3 rings (SSSR count). The van der Waals surface area contributed by atoms with Gasteiger partial charge in [-0.3, -0.25) is 0 Å². The van der Waals surface area contributed by atoms with Crippen LogP contribution in [0.25, 0.3) is 22.6 Å². The quantitative estimate of drug-likeness (QED) is 0.713. The summed E-state index contributed by atoms with van der Waals surface area (Å²) >= 11 is 0. The SMILES string of the molecule is OCc1ccc(-c2nc3ccc(F)cc3[nH]2)o1. The van der Waals surface area contributed by atoms with E-state index in [-0.39, 0.29) is 12.4 Å². The molecule has 0 fully saturated rings. The molecule has 0 aliphatic carbocycles. The number of hydrogen-bond acceptors (Lipinski definition) is 3. The molecule has 0 unspecified atom stereocenters. The number of fused-ring (bicyclic) bond motifs is 1. The highest BCUT2D eigenvalue weighted by molar-refractivity contribution is 5.78. The molecule has 0 atom stereocenters. The number of halogens is 1. The molecule has 5 heteroatoms. The first-order valence-corrected chi connectivity index (χ1v) is 5.11. The van der Waals surface area contributed by atoms with Crippen LogP contribution in [0, 0.1) is 5.82 Å². The first kappa shape index (κ1) is 10.0. The fraction of sp³-hybridized carbons (Fsp3) is 0.0833. The summed E-state index contributed by atoms with van der Waals surface area (Å²) in [5, 5.41) is 8.90. The number of nitrogens with one attached hydrogen (secondary N) is 1. The molecule has 2 heterocycles. The first-order chi connectivity index (χ1) is 8.26. The Bertz CT molecular complexity index is 672. The van der Waals surface area contributed by atoms with Gasteiger partial charge in [-0.1, -0.05) is 0 Å². The second-order valence-corrected chi connectivity index (χ2v) is 3.67. The average molecular weight is 232 g/mol. The van der Waals surface area contributed by atoms with Crippen molar-refractivity contribution in [2.75, 3.05) is 0 Å². The standard InChI is InChI=1S/C12H9FN2O2/c13-7-1-3-9-10(5-7)15-12(14-9)11-4-2-8(6-16)17-11/h1-5,16H,6H2,(H,14,15). The summed E-state index contributed by atoms with van der Waals surface area (Å²) in [5.41, 5.74) is 1.28. The van der Waals surface area contributed by atoms with E-state index in [4.69, 9.17) is 9.52 Å². The Morgan fingerprint density at radius 1 is 1.29 bits per heavy atom. The number of nitrogens with zero attached hydrogens (tertiary/aromatic N) is 1. The third kappa shape index (κ3) is 1.70. The summed E-state index contributed by atoms with van der Waals surface area (Å²) in [6.45, 7) is -0.158. The van der Waals surface area contributed by atoms with Crippen LogP contribution >= 0.6 is 0 Å². The van der Waals surface area contributed by atoms with Crippen LogP contribution in [-0.4, -0.2) is 15.1 Å². The van der Waals surface area contributed by atoms with Gasteiger partial charge in [0.05, 0.1) is 11.0 Å². The fourth-order valence-corrected chi connectivity index (χ4v) is 1.69. The topological polar surface area (TPSA) is 62.1 Å². The molecular weight excluding hydrogens is 223 g/mol. The van der Waals surface area contributed by atoms with Crippen LogP contribution in [-0.2, 0) is 6.61 Å². The van der Waals surface area contributed by atoms with Crippen LogP contribution in [0.5, 0.6) is 0 Å². The zero-order valence-electron chi connectivity index (χ0n) is 8.77. The molecule has 0 saturated heterocycles. The van der Waals surface area contributed by atoms with Crippen LogP contribution < -0.4 is 0 Å². The molecule has 3 aromatic rings. The van der Waals surface area contributed by atoms with Crippen LogP contribution in [0.15, 0.2) is 34.7 Å². The molecule has 4 nitrogen and oxygen atoms in total. The minimum Gasteiger partial charge on any atom is -0.455 e. The number of aliphatic hydroxyl groups excluding tert-OH is 1. The molecule has 0 aliphatic heterocycles. The molecular formula is C12H9FN2O2. The Kier molecular flexibility index (Phi) is 2.19. The van der Waals surface area contributed by atoms with Crippen molar-refractivity contribution >= 4 is 11.0 Å². The van der Waals surface area contributed by atoms with Crippen molar-refractivity contribution in [1.29, 1.82) is 0 Å². The van der Waals surface area contributed by atoms with Crippen molar-refractivity contribution in [2.45, 2.75) is 6.61 Å². The van der Waals surface area contributed by atoms with Crippen LogP contribution in [0.3, 0.4) is 0 Å². The normalized spacial score (nSPS) is 11.2. The number of H-pyrrole nitrogens is 1. The molecule has 0 spiro atoms. The van der Waals surface area contributed by atoms with Gasteiger partial charge in [0.15, 0.2) is 11.6 Å². The van der Waals surface area contributed by atoms with Crippen molar-refractivity contribution in [1.82, 2.24) is 9.97 Å². The van der Waals surface area contributed by atoms with E-state index in [1.54, 1.807) is 18.2 Å². The summed E-state index contributed by atoms with van der Waals surface area (Å²) in [6.07, 6.45) is 0. The highest BCUT2D eigenvalue weighted by atomic mass is 19.1. The summed E-state index contributed by atoms with van der Waals surface area (Å²) in [4.78, 5) is 7.24. The monoisotopic (exact) mass is 232 g/mol. The van der Waals surface area contributed by atoms with Crippen molar-refractivity contribution < 1.29 is 13.9 Å². The van der Waals surface area contributed by atoms with Gasteiger partial charge in [0.1, 0.15) is 18.2 Å². The summed E-state index contributed by atoms with van der Waals surface area (Å²) < 4.78 is 18.3. The lowest BCUT2D eigenvalue weighted by atomic mass is 10.3. The number of aliphatic hydroxyl groups is 1. The van der Waals surface area contributed by atoms with Gasteiger partial charge in [-0.2, -0.15) is 0 Å². The number of imidazole rings is 1. The largest absolute Gasteiger partial charge is 0.455 e. The van der Waals surface area contributed by atoms with Crippen molar-refractivity contribution in [3.05, 3.63) is 41.9 Å². The van der Waals surface area contributed by atoms with E-state index >= 15 is 0 Å². The number of aromatic nitrogens is 2.